The molecule has 0 radical (unpaired) electrons. The third-order valence-corrected chi connectivity index (χ3v) is 3.87. The summed E-state index contributed by atoms with van der Waals surface area (Å²) in [6, 6.07) is 16.3. The largest absolute Gasteiger partial charge is 0.507 e. The number of phenols is 1. The molecular weight excluding hydrogens is 298 g/mol. The highest BCUT2D eigenvalue weighted by Crippen LogP contribution is 2.21. The van der Waals surface area contributed by atoms with E-state index < -0.39 is 5.91 Å². The Kier molecular flexibility index (Phi) is 4.11. The summed E-state index contributed by atoms with van der Waals surface area (Å²) >= 11 is 1.32. The molecule has 2 N–H and O–H groups in total. The molecule has 0 unspecified atom stereocenters. The van der Waals surface area contributed by atoms with E-state index in [9.17, 15) is 9.90 Å². The molecule has 1 aromatic heterocycles. The van der Waals surface area contributed by atoms with Crippen LogP contribution in [-0.4, -0.2) is 21.2 Å². The third-order valence-electron chi connectivity index (χ3n) is 3.03. The van der Waals surface area contributed by atoms with Crippen molar-refractivity contribution in [3.05, 3.63) is 70.7 Å². The quantitative estimate of drug-likeness (QED) is 0.776. The first kappa shape index (κ1) is 14.2. The summed E-state index contributed by atoms with van der Waals surface area (Å²) in [6.45, 7) is 0. The van der Waals surface area contributed by atoms with Crippen molar-refractivity contribution in [3.63, 3.8) is 0 Å². The summed E-state index contributed by atoms with van der Waals surface area (Å²) in [5.41, 5.74) is 1.35. The number of benzene rings is 2. The maximum Gasteiger partial charge on any atom is 0.261 e. The molecule has 0 aliphatic rings. The molecule has 6 heteroatoms. The highest BCUT2D eigenvalue weighted by molar-refractivity contribution is 7.15. The SMILES string of the molecule is O=C(Nc1nnc(Cc2ccccc2)s1)c1ccccc1O. The Balaban J connectivity index is 1.69. The van der Waals surface area contributed by atoms with Crippen LogP contribution in [0.15, 0.2) is 54.6 Å². The van der Waals surface area contributed by atoms with Gasteiger partial charge in [0.2, 0.25) is 5.13 Å². The van der Waals surface area contributed by atoms with Crippen molar-refractivity contribution in [1.82, 2.24) is 10.2 Å². The summed E-state index contributed by atoms with van der Waals surface area (Å²) in [6.07, 6.45) is 0.672. The van der Waals surface area contributed by atoms with Gasteiger partial charge >= 0.3 is 0 Å². The van der Waals surface area contributed by atoms with Crippen molar-refractivity contribution in [2.45, 2.75) is 6.42 Å². The van der Waals surface area contributed by atoms with Gasteiger partial charge in [-0.05, 0) is 17.7 Å². The zero-order valence-corrected chi connectivity index (χ0v) is 12.4. The van der Waals surface area contributed by atoms with Crippen LogP contribution >= 0.6 is 11.3 Å². The molecule has 0 bridgehead atoms. The Labute approximate surface area is 131 Å². The van der Waals surface area contributed by atoms with E-state index in [0.717, 1.165) is 10.6 Å². The third kappa shape index (κ3) is 3.29. The summed E-state index contributed by atoms with van der Waals surface area (Å²) < 4.78 is 0. The lowest BCUT2D eigenvalue weighted by Gasteiger charge is -2.02. The van der Waals surface area contributed by atoms with E-state index in [1.807, 2.05) is 30.3 Å². The fourth-order valence-corrected chi connectivity index (χ4v) is 2.75. The number of aromatic hydroxyl groups is 1. The number of phenolic OH excluding ortho intramolecular Hbond substituents is 1. The summed E-state index contributed by atoms with van der Waals surface area (Å²) in [5, 5.41) is 21.6. The number of aromatic nitrogens is 2. The van der Waals surface area contributed by atoms with Crippen LogP contribution in [0.2, 0.25) is 0 Å². The predicted octanol–water partition coefficient (Wildman–Crippen LogP) is 3.09. The van der Waals surface area contributed by atoms with Gasteiger partial charge in [-0.1, -0.05) is 53.8 Å². The van der Waals surface area contributed by atoms with Crippen LogP contribution in [0.5, 0.6) is 5.75 Å². The predicted molar refractivity (Wildman–Crippen MR) is 85.2 cm³/mol. The zero-order valence-electron chi connectivity index (χ0n) is 11.6. The lowest BCUT2D eigenvalue weighted by Crippen LogP contribution is -2.11. The Bertz CT molecular complexity index is 787. The number of hydrogen-bond acceptors (Lipinski definition) is 5. The molecule has 0 spiro atoms. The van der Waals surface area contributed by atoms with Gasteiger partial charge in [-0.25, -0.2) is 0 Å². The number of anilines is 1. The van der Waals surface area contributed by atoms with E-state index in [-0.39, 0.29) is 11.3 Å². The molecule has 0 saturated carbocycles. The van der Waals surface area contributed by atoms with Gasteiger partial charge in [0.1, 0.15) is 10.8 Å². The number of rotatable bonds is 4. The first-order valence-electron chi connectivity index (χ1n) is 6.68. The highest BCUT2D eigenvalue weighted by atomic mass is 32.1. The first-order chi connectivity index (χ1) is 10.7. The van der Waals surface area contributed by atoms with E-state index >= 15 is 0 Å². The van der Waals surface area contributed by atoms with Crippen LogP contribution in [0.4, 0.5) is 5.13 Å². The Hall–Kier alpha value is -2.73. The van der Waals surface area contributed by atoms with Gasteiger partial charge in [-0.3, -0.25) is 10.1 Å². The van der Waals surface area contributed by atoms with Crippen molar-refractivity contribution in [2.24, 2.45) is 0 Å². The van der Waals surface area contributed by atoms with E-state index in [1.54, 1.807) is 18.2 Å². The van der Waals surface area contributed by atoms with Crippen LogP contribution in [0.25, 0.3) is 0 Å². The molecule has 1 amide bonds. The summed E-state index contributed by atoms with van der Waals surface area (Å²) in [5.74, 6) is -0.463. The molecular formula is C16H13N3O2S. The molecule has 0 atom stereocenters. The minimum absolute atomic E-state index is 0.0611. The number of carbonyl (C=O) groups excluding carboxylic acids is 1. The average molecular weight is 311 g/mol. The minimum Gasteiger partial charge on any atom is -0.507 e. The molecule has 0 aliphatic carbocycles. The van der Waals surface area contributed by atoms with Crippen molar-refractivity contribution < 1.29 is 9.90 Å². The van der Waals surface area contributed by atoms with Crippen LogP contribution in [0.1, 0.15) is 20.9 Å². The molecule has 3 rings (SSSR count). The first-order valence-corrected chi connectivity index (χ1v) is 7.49. The van der Waals surface area contributed by atoms with E-state index in [0.29, 0.717) is 11.6 Å². The maximum absolute atomic E-state index is 12.1. The molecule has 110 valence electrons. The monoisotopic (exact) mass is 311 g/mol. The second-order valence-electron chi connectivity index (χ2n) is 4.63. The smallest absolute Gasteiger partial charge is 0.261 e. The van der Waals surface area contributed by atoms with Crippen molar-refractivity contribution in [3.8, 4) is 5.75 Å². The maximum atomic E-state index is 12.1. The number of carbonyl (C=O) groups is 1. The molecule has 5 nitrogen and oxygen atoms in total. The lowest BCUT2D eigenvalue weighted by molar-refractivity contribution is 0.102. The van der Waals surface area contributed by atoms with Gasteiger partial charge in [0.25, 0.3) is 5.91 Å². The second-order valence-corrected chi connectivity index (χ2v) is 5.70. The van der Waals surface area contributed by atoms with Gasteiger partial charge in [-0.15, -0.1) is 10.2 Å². The molecule has 22 heavy (non-hydrogen) atoms. The van der Waals surface area contributed by atoms with Crippen LogP contribution in [0.3, 0.4) is 0 Å². The fraction of sp³-hybridized carbons (Fsp3) is 0.0625. The molecule has 3 aromatic rings. The molecule has 0 saturated heterocycles. The van der Waals surface area contributed by atoms with Crippen molar-refractivity contribution in [2.75, 3.05) is 5.32 Å². The Morgan fingerprint density at radius 2 is 1.77 bits per heavy atom. The van der Waals surface area contributed by atoms with Crippen LogP contribution in [-0.2, 0) is 6.42 Å². The van der Waals surface area contributed by atoms with Gasteiger partial charge in [0, 0.05) is 6.42 Å². The van der Waals surface area contributed by atoms with E-state index in [2.05, 4.69) is 15.5 Å². The number of hydrogen-bond donors (Lipinski definition) is 2. The lowest BCUT2D eigenvalue weighted by atomic mass is 10.2. The number of nitrogens with zero attached hydrogens (tertiary/aromatic N) is 2. The van der Waals surface area contributed by atoms with Crippen LogP contribution < -0.4 is 5.32 Å². The molecule has 0 fully saturated rings. The van der Waals surface area contributed by atoms with Crippen LogP contribution in [0, 0.1) is 0 Å². The molecule has 2 aromatic carbocycles. The zero-order chi connectivity index (χ0) is 15.4. The van der Waals surface area contributed by atoms with Gasteiger partial charge < -0.3 is 5.11 Å². The normalized spacial score (nSPS) is 10.4. The minimum atomic E-state index is -0.402. The Morgan fingerprint density at radius 1 is 1.05 bits per heavy atom. The van der Waals surface area contributed by atoms with Crippen molar-refractivity contribution >= 4 is 22.4 Å². The highest BCUT2D eigenvalue weighted by Gasteiger charge is 2.13. The molecule has 1 heterocycles. The Morgan fingerprint density at radius 3 is 2.55 bits per heavy atom. The second kappa shape index (κ2) is 6.36. The average Bonchev–Trinajstić information content (AvgIpc) is 2.95. The fourth-order valence-electron chi connectivity index (χ4n) is 1.98. The standard InChI is InChI=1S/C16H13N3O2S/c20-13-9-5-4-8-12(13)15(21)17-16-19-18-14(22-16)10-11-6-2-1-3-7-11/h1-9,20H,10H2,(H,17,19,21). The van der Waals surface area contributed by atoms with Gasteiger partial charge in [0.05, 0.1) is 5.56 Å². The summed E-state index contributed by atoms with van der Waals surface area (Å²) in [7, 11) is 0. The van der Waals surface area contributed by atoms with Crippen molar-refractivity contribution in [1.29, 1.82) is 0 Å². The molecule has 0 aliphatic heterocycles. The van der Waals surface area contributed by atoms with E-state index in [4.69, 9.17) is 0 Å². The summed E-state index contributed by atoms with van der Waals surface area (Å²) in [4.78, 5) is 12.1. The number of amides is 1. The topological polar surface area (TPSA) is 75.1 Å². The van der Waals surface area contributed by atoms with Gasteiger partial charge in [0.15, 0.2) is 0 Å². The number of nitrogens with one attached hydrogen (secondary N) is 1. The number of para-hydroxylation sites is 1. The van der Waals surface area contributed by atoms with E-state index in [1.165, 1.54) is 17.4 Å². The van der Waals surface area contributed by atoms with Gasteiger partial charge in [-0.2, -0.15) is 0 Å².